The highest BCUT2D eigenvalue weighted by atomic mass is 32.2. The lowest BCUT2D eigenvalue weighted by molar-refractivity contribution is -0.162. The van der Waals surface area contributed by atoms with Crippen molar-refractivity contribution in [3.05, 3.63) is 96.4 Å². The Morgan fingerprint density at radius 2 is 1.61 bits per heavy atom. The number of nitrogens with zero attached hydrogens (tertiary/aromatic N) is 4. The summed E-state index contributed by atoms with van der Waals surface area (Å²) in [6, 6.07) is 20.3. The molecule has 6 rings (SSSR count). The summed E-state index contributed by atoms with van der Waals surface area (Å²) in [5.74, 6) is -7.18. The van der Waals surface area contributed by atoms with Crippen LogP contribution in [0.15, 0.2) is 90.0 Å². The lowest BCUT2D eigenvalue weighted by Crippen LogP contribution is -2.34. The molecule has 1 fully saturated rings. The van der Waals surface area contributed by atoms with Crippen molar-refractivity contribution < 1.29 is 60.1 Å². The summed E-state index contributed by atoms with van der Waals surface area (Å²) in [5, 5.41) is 18.0. The Bertz CT molecular complexity index is 2420. The molecular weight excluding hydrogens is 802 g/mol. The van der Waals surface area contributed by atoms with Crippen molar-refractivity contribution >= 4 is 56.7 Å². The summed E-state index contributed by atoms with van der Waals surface area (Å²) >= 11 is 0. The Morgan fingerprint density at radius 1 is 0.966 bits per heavy atom. The van der Waals surface area contributed by atoms with Gasteiger partial charge < -0.3 is 30.0 Å². The van der Waals surface area contributed by atoms with Crippen LogP contribution in [0.1, 0.15) is 25.3 Å². The van der Waals surface area contributed by atoms with Gasteiger partial charge in [-0.25, -0.2) is 31.8 Å². The molecule has 312 valence electrons. The highest BCUT2D eigenvalue weighted by Crippen LogP contribution is 2.35. The van der Waals surface area contributed by atoms with E-state index in [9.17, 15) is 40.8 Å². The largest absolute Gasteiger partial charge is 0.495 e. The van der Waals surface area contributed by atoms with E-state index < -0.39 is 40.6 Å². The number of ether oxygens (including phenoxy) is 3. The Kier molecular flexibility index (Phi) is 13.9. The minimum atomic E-state index is -3.62. The van der Waals surface area contributed by atoms with Crippen molar-refractivity contribution in [3.8, 4) is 16.9 Å². The second-order valence-corrected chi connectivity index (χ2v) is 15.2. The van der Waals surface area contributed by atoms with Crippen LogP contribution in [0.3, 0.4) is 0 Å². The number of fused-ring (bicyclic) bond motifs is 1. The van der Waals surface area contributed by atoms with Crippen LogP contribution >= 0.6 is 0 Å². The van der Waals surface area contributed by atoms with Gasteiger partial charge in [-0.15, -0.1) is 5.10 Å². The number of carbonyl (C=O) groups excluding carboxylic acids is 3. The molecule has 2 amide bonds. The quantitative estimate of drug-likeness (QED) is 0.103. The van der Waals surface area contributed by atoms with E-state index in [0.29, 0.717) is 49.8 Å². The molecule has 1 aliphatic rings. The number of hydrogen-bond acceptors (Lipinski definition) is 12. The molecular formula is C39H39F3N6O10S. The van der Waals surface area contributed by atoms with E-state index in [1.807, 2.05) is 12.1 Å². The second kappa shape index (κ2) is 18.8. The molecule has 3 aromatic carbocycles. The number of alkyl halides is 2. The minimum absolute atomic E-state index is 0.0240. The first-order valence-electron chi connectivity index (χ1n) is 17.8. The van der Waals surface area contributed by atoms with E-state index in [0.717, 1.165) is 22.3 Å². The number of pyridine rings is 1. The van der Waals surface area contributed by atoms with E-state index in [4.69, 9.17) is 19.3 Å². The van der Waals surface area contributed by atoms with E-state index in [2.05, 4.69) is 20.7 Å². The van der Waals surface area contributed by atoms with Gasteiger partial charge in [0.15, 0.2) is 15.5 Å². The number of methoxy groups -OCH3 is 1. The molecule has 16 nitrogen and oxygen atoms in total. The zero-order valence-electron chi connectivity index (χ0n) is 31.9. The normalized spacial score (nSPS) is 13.1. The summed E-state index contributed by atoms with van der Waals surface area (Å²) in [7, 11) is -2.30. The number of carboxylic acid groups (broad SMARTS) is 1. The number of esters is 1. The third-order valence-corrected chi connectivity index (χ3v) is 9.84. The van der Waals surface area contributed by atoms with Crippen molar-refractivity contribution in [2.45, 2.75) is 37.0 Å². The van der Waals surface area contributed by atoms with Crippen LogP contribution in [-0.4, -0.2) is 91.2 Å². The van der Waals surface area contributed by atoms with Gasteiger partial charge >= 0.3 is 24.0 Å². The fourth-order valence-electron chi connectivity index (χ4n) is 5.61. The molecule has 3 N–H and O–H groups in total. The van der Waals surface area contributed by atoms with Gasteiger partial charge in [-0.2, -0.15) is 13.8 Å². The van der Waals surface area contributed by atoms with Gasteiger partial charge in [0, 0.05) is 36.7 Å². The second-order valence-electron chi connectivity index (χ2n) is 13.2. The van der Waals surface area contributed by atoms with E-state index in [-0.39, 0.29) is 46.3 Å². The van der Waals surface area contributed by atoms with E-state index in [1.165, 1.54) is 42.0 Å². The smallest absolute Gasteiger partial charge is 0.424 e. The summed E-state index contributed by atoms with van der Waals surface area (Å²) < 4.78 is 77.7. The highest BCUT2D eigenvalue weighted by molar-refractivity contribution is 7.90. The first-order valence-corrected chi connectivity index (χ1v) is 19.7. The molecule has 0 spiro atoms. The number of aliphatic carboxylic acids is 1. The van der Waals surface area contributed by atoms with E-state index in [1.54, 1.807) is 42.6 Å². The van der Waals surface area contributed by atoms with Crippen molar-refractivity contribution in [2.24, 2.45) is 5.92 Å². The van der Waals surface area contributed by atoms with E-state index >= 15 is 0 Å². The Morgan fingerprint density at radius 3 is 2.22 bits per heavy atom. The SMILES string of the molecule is CC(F)(F)C(=O)O.COc1cc(S(C)(=O)=O)ccc1N(C(=O)OCOC(=O)C1CCNCC1)c1nc2ccc(-c3ccc(NC(=O)Cc4ccc(F)cc4)cc3)cn2n1. The number of nitrogens with one attached hydrogen (secondary N) is 2. The molecule has 59 heavy (non-hydrogen) atoms. The van der Waals surface area contributed by atoms with Gasteiger partial charge in [-0.3, -0.25) is 9.59 Å². The van der Waals surface area contributed by atoms with Crippen LogP contribution in [0.4, 0.5) is 35.3 Å². The molecule has 0 bridgehead atoms. The molecule has 3 heterocycles. The maximum Gasteiger partial charge on any atom is 0.424 e. The number of anilines is 3. The minimum Gasteiger partial charge on any atom is -0.495 e. The third-order valence-electron chi connectivity index (χ3n) is 8.73. The molecule has 0 aliphatic carbocycles. The van der Waals surface area contributed by atoms with Gasteiger partial charge in [0.05, 0.1) is 30.0 Å². The molecule has 20 heteroatoms. The molecule has 1 aliphatic heterocycles. The van der Waals surface area contributed by atoms with Gasteiger partial charge in [-0.1, -0.05) is 24.3 Å². The fraction of sp³-hybridized carbons (Fsp3) is 0.282. The Balaban J connectivity index is 0.000000867. The van der Waals surface area contributed by atoms with Crippen LogP contribution in [0.5, 0.6) is 5.75 Å². The molecule has 0 saturated carbocycles. The molecule has 0 radical (unpaired) electrons. The predicted molar refractivity (Wildman–Crippen MR) is 207 cm³/mol. The molecule has 2 aromatic heterocycles. The zero-order valence-corrected chi connectivity index (χ0v) is 32.7. The number of hydrogen-bond donors (Lipinski definition) is 3. The molecule has 0 unspecified atom stereocenters. The topological polar surface area (TPSA) is 208 Å². The van der Waals surface area contributed by atoms with Gasteiger partial charge in [-0.05, 0) is 85.6 Å². The maximum absolute atomic E-state index is 13.6. The molecule has 5 aromatic rings. The first-order chi connectivity index (χ1) is 27.9. The third kappa shape index (κ3) is 11.8. The van der Waals surface area contributed by atoms with Crippen LogP contribution in [0.25, 0.3) is 16.8 Å². The average molecular weight is 841 g/mol. The number of benzene rings is 3. The summed E-state index contributed by atoms with van der Waals surface area (Å²) in [4.78, 5) is 53.4. The number of halogens is 3. The summed E-state index contributed by atoms with van der Waals surface area (Å²) in [6.07, 6.45) is 3.05. The van der Waals surface area contributed by atoms with Crippen LogP contribution in [-0.2, 0) is 40.1 Å². The monoisotopic (exact) mass is 840 g/mol. The van der Waals surface area contributed by atoms with Crippen molar-refractivity contribution in [1.29, 1.82) is 0 Å². The van der Waals surface area contributed by atoms with Crippen molar-refractivity contribution in [3.63, 3.8) is 0 Å². The average Bonchev–Trinajstić information content (AvgIpc) is 3.62. The van der Waals surface area contributed by atoms with Gasteiger partial charge in [0.25, 0.3) is 5.95 Å². The van der Waals surface area contributed by atoms with Crippen LogP contribution in [0, 0.1) is 11.7 Å². The zero-order chi connectivity index (χ0) is 42.9. The highest BCUT2D eigenvalue weighted by Gasteiger charge is 2.31. The Hall–Kier alpha value is -6.54. The number of sulfone groups is 1. The predicted octanol–water partition coefficient (Wildman–Crippen LogP) is 5.63. The molecule has 0 atom stereocenters. The lowest BCUT2D eigenvalue weighted by Gasteiger charge is -2.22. The lowest BCUT2D eigenvalue weighted by atomic mass is 9.99. The number of piperidine rings is 1. The van der Waals surface area contributed by atoms with Crippen molar-refractivity contribution in [1.82, 2.24) is 19.9 Å². The summed E-state index contributed by atoms with van der Waals surface area (Å²) in [6.45, 7) is 1.03. The first kappa shape index (κ1) is 43.6. The number of aromatic nitrogens is 3. The van der Waals surface area contributed by atoms with Crippen LogP contribution < -0.4 is 20.3 Å². The number of rotatable bonds is 12. The van der Waals surface area contributed by atoms with Gasteiger partial charge in [0.2, 0.25) is 12.7 Å². The number of carboxylic acids is 1. The Labute approximate surface area is 335 Å². The summed E-state index contributed by atoms with van der Waals surface area (Å²) in [5.41, 5.74) is 3.24. The van der Waals surface area contributed by atoms with Crippen molar-refractivity contribution in [2.75, 3.05) is 43.5 Å². The number of amides is 2. The van der Waals surface area contributed by atoms with Gasteiger partial charge in [0.1, 0.15) is 11.6 Å². The van der Waals surface area contributed by atoms with Crippen LogP contribution in [0.2, 0.25) is 0 Å². The fourth-order valence-corrected chi connectivity index (χ4v) is 6.25. The standard InChI is InChI=1S/C36H35FN6O8S.C3H4F2O2/c1-49-31-20-29(52(2,47)48)12-13-30(31)43(36(46)51-22-50-34(45)25-15-17-38-18-16-25)35-40-32-14-7-26(21-42(32)41-35)24-5-10-28(11-6-24)39-33(44)19-23-3-8-27(37)9-4-23;1-3(4,5)2(6)7/h3-14,20-21,25,38H,15-19,22H2,1-2H3,(H,39,44);1H3,(H,6,7). The molecule has 1 saturated heterocycles. The number of carbonyl (C=O) groups is 4. The maximum atomic E-state index is 13.6.